The third-order valence-corrected chi connectivity index (χ3v) is 7.03. The van der Waals surface area contributed by atoms with E-state index in [-0.39, 0.29) is 24.1 Å². The van der Waals surface area contributed by atoms with Gasteiger partial charge < -0.3 is 9.47 Å². The summed E-state index contributed by atoms with van der Waals surface area (Å²) < 4.78 is 17.4. The average molecular weight is 455 g/mol. The molecule has 1 aliphatic rings. The van der Waals surface area contributed by atoms with Crippen molar-refractivity contribution in [3.05, 3.63) is 107 Å². The summed E-state index contributed by atoms with van der Waals surface area (Å²) in [5, 5.41) is 1.08. The predicted octanol–water partition coefficient (Wildman–Crippen LogP) is 6.59. The van der Waals surface area contributed by atoms with Crippen LogP contribution in [0.25, 0.3) is 10.9 Å². The Labute approximate surface area is 200 Å². The molecule has 3 nitrogen and oxygen atoms in total. The van der Waals surface area contributed by atoms with Crippen LogP contribution in [-0.4, -0.2) is 28.5 Å². The quantitative estimate of drug-likeness (QED) is 0.323. The summed E-state index contributed by atoms with van der Waals surface area (Å²) in [6.45, 7) is 6.40. The Morgan fingerprint density at radius 1 is 0.912 bits per heavy atom. The molecule has 1 amide bonds. The molecule has 4 aromatic rings. The molecule has 2 heterocycles. The molecule has 0 aliphatic carbocycles. The minimum atomic E-state index is -0.336. The van der Waals surface area contributed by atoms with Gasteiger partial charge in [-0.05, 0) is 55.5 Å². The number of halogens is 1. The van der Waals surface area contributed by atoms with Gasteiger partial charge >= 0.3 is 0 Å². The lowest BCUT2D eigenvalue weighted by atomic mass is 9.86. The number of carbonyl (C=O) groups is 1. The van der Waals surface area contributed by atoms with Gasteiger partial charge in [0.15, 0.2) is 0 Å². The van der Waals surface area contributed by atoms with Crippen LogP contribution in [0, 0.1) is 19.7 Å². The minimum absolute atomic E-state index is 0.110. The Morgan fingerprint density at radius 2 is 1.62 bits per heavy atom. The number of nitrogens with zero attached hydrogens (tertiary/aromatic N) is 2. The number of rotatable bonds is 6. The Bertz CT molecular complexity index is 1320. The third-order valence-electron chi connectivity index (χ3n) is 7.03. The first kappa shape index (κ1) is 22.4. The third kappa shape index (κ3) is 4.50. The van der Waals surface area contributed by atoms with E-state index in [1.165, 1.54) is 17.2 Å². The molecule has 0 spiro atoms. The Balaban J connectivity index is 1.60. The molecule has 1 aliphatic heterocycles. The van der Waals surface area contributed by atoms with Crippen molar-refractivity contribution in [3.63, 3.8) is 0 Å². The van der Waals surface area contributed by atoms with E-state index in [4.69, 9.17) is 0 Å². The maximum atomic E-state index is 15.2. The van der Waals surface area contributed by atoms with Crippen LogP contribution in [0.2, 0.25) is 0 Å². The van der Waals surface area contributed by atoms with E-state index in [2.05, 4.69) is 54.1 Å². The van der Waals surface area contributed by atoms with Gasteiger partial charge in [0.25, 0.3) is 0 Å². The van der Waals surface area contributed by atoms with Crippen molar-refractivity contribution in [3.8, 4) is 0 Å². The number of benzene rings is 3. The molecule has 1 aromatic heterocycles. The normalized spacial score (nSPS) is 14.6. The van der Waals surface area contributed by atoms with Crippen LogP contribution in [0.3, 0.4) is 0 Å². The number of aryl methyl sites for hydroxylation is 2. The Kier molecular flexibility index (Phi) is 6.23. The minimum Gasteiger partial charge on any atom is -0.343 e. The molecule has 1 unspecified atom stereocenters. The van der Waals surface area contributed by atoms with Gasteiger partial charge in [0, 0.05) is 49.1 Å². The molecule has 1 fully saturated rings. The summed E-state index contributed by atoms with van der Waals surface area (Å²) in [6, 6.07) is 22.0. The lowest BCUT2D eigenvalue weighted by molar-refractivity contribution is -0.130. The van der Waals surface area contributed by atoms with Crippen LogP contribution < -0.4 is 0 Å². The van der Waals surface area contributed by atoms with E-state index < -0.39 is 0 Å². The van der Waals surface area contributed by atoms with Crippen LogP contribution in [0.15, 0.2) is 72.9 Å². The monoisotopic (exact) mass is 454 g/mol. The molecule has 5 rings (SSSR count). The molecule has 0 bridgehead atoms. The highest BCUT2D eigenvalue weighted by Crippen LogP contribution is 2.37. The van der Waals surface area contributed by atoms with Gasteiger partial charge in [-0.1, -0.05) is 65.7 Å². The number of aromatic nitrogens is 1. The number of fused-ring (bicyclic) bond motifs is 1. The summed E-state index contributed by atoms with van der Waals surface area (Å²) in [4.78, 5) is 15.2. The molecule has 34 heavy (non-hydrogen) atoms. The standard InChI is InChI=1S/C30H31FN2O/c1-21-9-12-23(13-10-21)19-33-20-27(24-7-3-4-8-29(24)33)25(18-30(34)32-15-5-6-16-32)26-17-22(2)11-14-28(26)31/h3-4,7-14,17,20,25H,5-6,15-16,18-19H2,1-2H3. The van der Waals surface area contributed by atoms with Crippen LogP contribution in [0.1, 0.15) is 53.0 Å². The van der Waals surface area contributed by atoms with Crippen molar-refractivity contribution in [1.29, 1.82) is 0 Å². The number of carbonyl (C=O) groups excluding carboxylic acids is 1. The lowest BCUT2D eigenvalue weighted by Gasteiger charge is -2.22. The summed E-state index contributed by atoms with van der Waals surface area (Å²) >= 11 is 0. The van der Waals surface area contributed by atoms with Gasteiger partial charge in [0.05, 0.1) is 0 Å². The number of para-hydroxylation sites is 1. The fourth-order valence-electron chi connectivity index (χ4n) is 5.16. The molecular formula is C30H31FN2O. The summed E-state index contributed by atoms with van der Waals surface area (Å²) in [6.07, 6.45) is 4.50. The van der Waals surface area contributed by atoms with Crippen molar-refractivity contribution < 1.29 is 9.18 Å². The van der Waals surface area contributed by atoms with E-state index in [9.17, 15) is 4.79 Å². The average Bonchev–Trinajstić information content (AvgIpc) is 3.50. The first-order valence-electron chi connectivity index (χ1n) is 12.2. The Hall–Kier alpha value is -3.40. The number of hydrogen-bond acceptors (Lipinski definition) is 1. The van der Waals surface area contributed by atoms with Gasteiger partial charge in [-0.3, -0.25) is 4.79 Å². The lowest BCUT2D eigenvalue weighted by Crippen LogP contribution is -2.29. The topological polar surface area (TPSA) is 25.2 Å². The summed E-state index contributed by atoms with van der Waals surface area (Å²) in [5.74, 6) is -0.476. The van der Waals surface area contributed by atoms with Gasteiger partial charge in [0.1, 0.15) is 5.82 Å². The van der Waals surface area contributed by atoms with Crippen LogP contribution >= 0.6 is 0 Å². The van der Waals surface area contributed by atoms with E-state index in [1.54, 1.807) is 6.07 Å². The van der Waals surface area contributed by atoms with E-state index >= 15 is 4.39 Å². The number of hydrogen-bond donors (Lipinski definition) is 0. The SMILES string of the molecule is Cc1ccc(Cn2cc(C(CC(=O)N3CCCC3)c3cc(C)ccc3F)c3ccccc32)cc1. The zero-order valence-electron chi connectivity index (χ0n) is 19.9. The Morgan fingerprint density at radius 3 is 2.38 bits per heavy atom. The summed E-state index contributed by atoms with van der Waals surface area (Å²) in [5.41, 5.74) is 6.16. The maximum absolute atomic E-state index is 15.2. The molecule has 1 atom stereocenters. The van der Waals surface area contributed by atoms with Crippen molar-refractivity contribution in [2.45, 2.75) is 45.6 Å². The fourth-order valence-corrected chi connectivity index (χ4v) is 5.16. The highest BCUT2D eigenvalue weighted by Gasteiger charge is 2.28. The first-order chi connectivity index (χ1) is 16.5. The van der Waals surface area contributed by atoms with E-state index in [1.807, 2.05) is 30.0 Å². The zero-order chi connectivity index (χ0) is 23.7. The number of amides is 1. The van der Waals surface area contributed by atoms with Crippen LogP contribution in [-0.2, 0) is 11.3 Å². The van der Waals surface area contributed by atoms with Crippen molar-refractivity contribution >= 4 is 16.8 Å². The van der Waals surface area contributed by atoms with Crippen molar-refractivity contribution in [2.75, 3.05) is 13.1 Å². The van der Waals surface area contributed by atoms with Crippen molar-refractivity contribution in [2.24, 2.45) is 0 Å². The summed E-state index contributed by atoms with van der Waals surface area (Å²) in [7, 11) is 0. The second-order valence-corrected chi connectivity index (χ2v) is 9.58. The number of likely N-dealkylation sites (tertiary alicyclic amines) is 1. The van der Waals surface area contributed by atoms with Gasteiger partial charge in [0.2, 0.25) is 5.91 Å². The second kappa shape index (κ2) is 9.46. The molecule has 3 aromatic carbocycles. The van der Waals surface area contributed by atoms with E-state index in [0.717, 1.165) is 54.5 Å². The highest BCUT2D eigenvalue weighted by molar-refractivity contribution is 5.87. The molecule has 0 N–H and O–H groups in total. The van der Waals surface area contributed by atoms with Gasteiger partial charge in [-0.25, -0.2) is 4.39 Å². The largest absolute Gasteiger partial charge is 0.343 e. The second-order valence-electron chi connectivity index (χ2n) is 9.58. The predicted molar refractivity (Wildman–Crippen MR) is 136 cm³/mol. The van der Waals surface area contributed by atoms with Gasteiger partial charge in [-0.15, -0.1) is 0 Å². The maximum Gasteiger partial charge on any atom is 0.223 e. The van der Waals surface area contributed by atoms with Gasteiger partial charge in [-0.2, -0.15) is 0 Å². The fraction of sp³-hybridized carbons (Fsp3) is 0.300. The first-order valence-corrected chi connectivity index (χ1v) is 12.2. The highest BCUT2D eigenvalue weighted by atomic mass is 19.1. The van der Waals surface area contributed by atoms with Crippen molar-refractivity contribution in [1.82, 2.24) is 9.47 Å². The smallest absolute Gasteiger partial charge is 0.223 e. The molecular weight excluding hydrogens is 423 g/mol. The molecule has 0 saturated carbocycles. The van der Waals surface area contributed by atoms with Crippen LogP contribution in [0.4, 0.5) is 4.39 Å². The van der Waals surface area contributed by atoms with E-state index in [0.29, 0.717) is 5.56 Å². The molecule has 174 valence electrons. The van der Waals surface area contributed by atoms with Crippen LogP contribution in [0.5, 0.6) is 0 Å². The molecule has 1 saturated heterocycles. The zero-order valence-corrected chi connectivity index (χ0v) is 19.9. The molecule has 4 heteroatoms. The molecule has 0 radical (unpaired) electrons.